The fourth-order valence-corrected chi connectivity index (χ4v) is 2.99. The fourth-order valence-electron chi connectivity index (χ4n) is 2.77. The van der Waals surface area contributed by atoms with E-state index in [1.165, 1.54) is 24.3 Å². The van der Waals surface area contributed by atoms with Crippen molar-refractivity contribution in [2.75, 3.05) is 18.5 Å². The summed E-state index contributed by atoms with van der Waals surface area (Å²) in [5.41, 5.74) is 2.05. The largest absolute Gasteiger partial charge is 0.376 e. The topological polar surface area (TPSA) is 62.7 Å². The Morgan fingerprint density at radius 2 is 2.07 bits per heavy atom. The van der Waals surface area contributed by atoms with Crippen molar-refractivity contribution in [2.45, 2.75) is 25.9 Å². The lowest BCUT2D eigenvalue weighted by atomic mass is 10.2. The quantitative estimate of drug-likeness (QED) is 0.609. The maximum absolute atomic E-state index is 13.1. The molecule has 0 aliphatic carbocycles. The number of hydrogen-bond acceptors (Lipinski definition) is 3. The third kappa shape index (κ3) is 5.52. The Morgan fingerprint density at radius 1 is 1.30 bits per heavy atom. The van der Waals surface area contributed by atoms with Gasteiger partial charge in [0.2, 0.25) is 5.96 Å². The molecule has 0 saturated carbocycles. The zero-order valence-corrected chi connectivity index (χ0v) is 15.7. The number of benzene rings is 2. The van der Waals surface area contributed by atoms with Crippen LogP contribution in [0.15, 0.2) is 47.5 Å². The van der Waals surface area contributed by atoms with Gasteiger partial charge in [-0.15, -0.1) is 0 Å². The monoisotopic (exact) mass is 389 g/mol. The van der Waals surface area contributed by atoms with Gasteiger partial charge in [0.1, 0.15) is 5.82 Å². The van der Waals surface area contributed by atoms with Gasteiger partial charge in [-0.05, 0) is 67.8 Å². The summed E-state index contributed by atoms with van der Waals surface area (Å²) in [4.78, 5) is 17.0. The molecule has 0 spiro atoms. The summed E-state index contributed by atoms with van der Waals surface area (Å²) < 4.78 is 18.7. The van der Waals surface area contributed by atoms with Gasteiger partial charge in [0.05, 0.1) is 12.6 Å². The van der Waals surface area contributed by atoms with E-state index in [1.807, 2.05) is 19.1 Å². The average Bonchev–Trinajstić information content (AvgIpc) is 3.16. The molecule has 1 saturated heterocycles. The Balaban J connectivity index is 1.76. The number of nitrogens with zero attached hydrogens (tertiary/aromatic N) is 1. The van der Waals surface area contributed by atoms with Gasteiger partial charge in [-0.25, -0.2) is 9.38 Å². The number of nitrogens with one attached hydrogen (secondary N) is 2. The van der Waals surface area contributed by atoms with E-state index in [-0.39, 0.29) is 12.0 Å². The minimum Gasteiger partial charge on any atom is -0.376 e. The number of carbonyl (C=O) groups is 1. The summed E-state index contributed by atoms with van der Waals surface area (Å²) in [6.45, 7) is 3.09. The van der Waals surface area contributed by atoms with E-state index in [1.54, 1.807) is 6.07 Å². The first-order chi connectivity index (χ1) is 13.0. The standard InChI is InChI=1S/C20H21ClFN3O2/c1-13-11-15(21)6-9-18(13)24-20(23-12-17-3-2-10-27-17)25-19(26)14-4-7-16(22)8-5-14/h4-9,11,17H,2-3,10,12H2,1H3,(H2,23,24,25,26)/t17-/m1/s1. The molecule has 1 aliphatic rings. The second kappa shape index (κ2) is 8.97. The van der Waals surface area contributed by atoms with E-state index in [9.17, 15) is 9.18 Å². The first kappa shape index (κ1) is 19.3. The predicted molar refractivity (Wildman–Crippen MR) is 105 cm³/mol. The first-order valence-corrected chi connectivity index (χ1v) is 9.15. The maximum Gasteiger partial charge on any atom is 0.257 e. The molecule has 2 aromatic carbocycles. The Bertz CT molecular complexity index is 834. The third-order valence-corrected chi connectivity index (χ3v) is 4.49. The summed E-state index contributed by atoms with van der Waals surface area (Å²) >= 11 is 6.00. The molecule has 1 aliphatic heterocycles. The van der Waals surface area contributed by atoms with Crippen LogP contribution in [-0.2, 0) is 4.74 Å². The molecule has 0 aromatic heterocycles. The molecular weight excluding hydrogens is 369 g/mol. The molecule has 0 radical (unpaired) electrons. The highest BCUT2D eigenvalue weighted by Gasteiger charge is 2.16. The van der Waals surface area contributed by atoms with Gasteiger partial charge in [0.15, 0.2) is 0 Å². The molecule has 0 unspecified atom stereocenters. The maximum atomic E-state index is 13.1. The molecular formula is C20H21ClFN3O2. The number of halogens is 2. The minimum absolute atomic E-state index is 0.0517. The predicted octanol–water partition coefficient (Wildman–Crippen LogP) is 4.16. The Kier molecular flexibility index (Phi) is 6.42. The second-order valence-electron chi connectivity index (χ2n) is 6.37. The van der Waals surface area contributed by atoms with Crippen LogP contribution in [-0.4, -0.2) is 31.1 Å². The van der Waals surface area contributed by atoms with Gasteiger partial charge in [-0.3, -0.25) is 10.1 Å². The van der Waals surface area contributed by atoms with E-state index < -0.39 is 5.82 Å². The highest BCUT2D eigenvalue weighted by Crippen LogP contribution is 2.19. The van der Waals surface area contributed by atoms with Crippen LogP contribution in [0.1, 0.15) is 28.8 Å². The number of aryl methyl sites for hydroxylation is 1. The number of aliphatic imine (C=N–C) groups is 1. The number of rotatable bonds is 4. The molecule has 0 bridgehead atoms. The third-order valence-electron chi connectivity index (χ3n) is 4.26. The minimum atomic E-state index is -0.395. The van der Waals surface area contributed by atoms with Gasteiger partial charge >= 0.3 is 0 Å². The van der Waals surface area contributed by atoms with Crippen LogP contribution in [0.25, 0.3) is 0 Å². The number of anilines is 1. The lowest BCUT2D eigenvalue weighted by Gasteiger charge is -2.15. The summed E-state index contributed by atoms with van der Waals surface area (Å²) in [6.07, 6.45) is 2.01. The van der Waals surface area contributed by atoms with Crippen LogP contribution in [0.3, 0.4) is 0 Å². The van der Waals surface area contributed by atoms with E-state index >= 15 is 0 Å². The van der Waals surface area contributed by atoms with Crippen LogP contribution >= 0.6 is 11.6 Å². The summed E-state index contributed by atoms with van der Waals surface area (Å²) in [5, 5.41) is 6.53. The molecule has 142 valence electrons. The Morgan fingerprint density at radius 3 is 2.74 bits per heavy atom. The number of hydrogen-bond donors (Lipinski definition) is 2. The molecule has 1 atom stereocenters. The van der Waals surface area contributed by atoms with Crippen LogP contribution < -0.4 is 10.6 Å². The van der Waals surface area contributed by atoms with Gasteiger partial charge in [-0.2, -0.15) is 0 Å². The van der Waals surface area contributed by atoms with E-state index in [0.717, 1.165) is 30.7 Å². The molecule has 1 fully saturated rings. The lowest BCUT2D eigenvalue weighted by Crippen LogP contribution is -2.37. The SMILES string of the molecule is Cc1cc(Cl)ccc1NC(=NC[C@H]1CCCO1)NC(=O)c1ccc(F)cc1. The van der Waals surface area contributed by atoms with Crippen molar-refractivity contribution in [3.05, 3.63) is 64.4 Å². The smallest absolute Gasteiger partial charge is 0.257 e. The van der Waals surface area contributed by atoms with E-state index in [0.29, 0.717) is 23.1 Å². The zero-order chi connectivity index (χ0) is 19.2. The van der Waals surface area contributed by atoms with Gasteiger partial charge in [-0.1, -0.05) is 11.6 Å². The molecule has 5 nitrogen and oxygen atoms in total. The van der Waals surface area contributed by atoms with Gasteiger partial charge in [0.25, 0.3) is 5.91 Å². The number of carbonyl (C=O) groups excluding carboxylic acids is 1. The Labute approximate surface area is 162 Å². The normalized spacial score (nSPS) is 17.0. The highest BCUT2D eigenvalue weighted by molar-refractivity contribution is 6.30. The second-order valence-corrected chi connectivity index (χ2v) is 6.81. The van der Waals surface area contributed by atoms with Crippen molar-refractivity contribution in [3.63, 3.8) is 0 Å². The van der Waals surface area contributed by atoms with Crippen LogP contribution in [0, 0.1) is 12.7 Å². The Hall–Kier alpha value is -2.44. The molecule has 7 heteroatoms. The van der Waals surface area contributed by atoms with Crippen molar-refractivity contribution >= 4 is 29.2 Å². The summed E-state index contributed by atoms with van der Waals surface area (Å²) in [5.74, 6) is -0.459. The van der Waals surface area contributed by atoms with Crippen molar-refractivity contribution < 1.29 is 13.9 Å². The van der Waals surface area contributed by atoms with Crippen molar-refractivity contribution in [1.82, 2.24) is 5.32 Å². The van der Waals surface area contributed by atoms with Crippen LogP contribution in [0.4, 0.5) is 10.1 Å². The average molecular weight is 390 g/mol. The van der Waals surface area contributed by atoms with Crippen LogP contribution in [0.5, 0.6) is 0 Å². The van der Waals surface area contributed by atoms with Gasteiger partial charge in [0, 0.05) is 22.9 Å². The molecule has 1 amide bonds. The van der Waals surface area contributed by atoms with Gasteiger partial charge < -0.3 is 10.1 Å². The molecule has 27 heavy (non-hydrogen) atoms. The highest BCUT2D eigenvalue weighted by atomic mass is 35.5. The molecule has 3 rings (SSSR count). The first-order valence-electron chi connectivity index (χ1n) is 8.77. The van der Waals surface area contributed by atoms with Crippen molar-refractivity contribution in [3.8, 4) is 0 Å². The van der Waals surface area contributed by atoms with Crippen LogP contribution in [0.2, 0.25) is 5.02 Å². The molecule has 1 heterocycles. The molecule has 2 aromatic rings. The van der Waals surface area contributed by atoms with E-state index in [4.69, 9.17) is 16.3 Å². The fraction of sp³-hybridized carbons (Fsp3) is 0.300. The summed E-state index contributed by atoms with van der Waals surface area (Å²) in [7, 11) is 0. The summed E-state index contributed by atoms with van der Waals surface area (Å²) in [6, 6.07) is 10.7. The number of ether oxygens (including phenoxy) is 1. The van der Waals surface area contributed by atoms with Crippen molar-refractivity contribution in [1.29, 1.82) is 0 Å². The zero-order valence-electron chi connectivity index (χ0n) is 15.0. The number of guanidine groups is 1. The lowest BCUT2D eigenvalue weighted by molar-refractivity contribution is 0.0975. The van der Waals surface area contributed by atoms with E-state index in [2.05, 4.69) is 15.6 Å². The number of amides is 1. The van der Waals surface area contributed by atoms with Crippen molar-refractivity contribution in [2.24, 2.45) is 4.99 Å². The molecule has 2 N–H and O–H groups in total.